The van der Waals surface area contributed by atoms with Crippen LogP contribution in [-0.2, 0) is 6.61 Å². The van der Waals surface area contributed by atoms with Gasteiger partial charge in [-0.25, -0.2) is 0 Å². The first-order valence-corrected chi connectivity index (χ1v) is 4.57. The van der Waals surface area contributed by atoms with Crippen molar-refractivity contribution >= 4 is 0 Å². The van der Waals surface area contributed by atoms with Crippen molar-refractivity contribution in [3.05, 3.63) is 59.6 Å². The van der Waals surface area contributed by atoms with Gasteiger partial charge in [-0.3, -0.25) is 0 Å². The predicted octanol–water partition coefficient (Wildman–Crippen LogP) is 1.29. The average Bonchev–Trinajstić information content (AvgIpc) is 2.28. The van der Waals surface area contributed by atoms with Gasteiger partial charge in [-0.05, 0) is 5.56 Å². The van der Waals surface area contributed by atoms with E-state index in [1.165, 1.54) is 12.4 Å². The van der Waals surface area contributed by atoms with Crippen molar-refractivity contribution in [2.45, 2.75) is 6.61 Å². The molecule has 2 rings (SSSR count). The van der Waals surface area contributed by atoms with Crippen LogP contribution in [0.25, 0.3) is 0 Å². The van der Waals surface area contributed by atoms with E-state index in [9.17, 15) is 5.21 Å². The monoisotopic (exact) mass is 202 g/mol. The molecule has 4 heteroatoms. The zero-order valence-corrected chi connectivity index (χ0v) is 8.04. The Balaban J connectivity index is 1.99. The van der Waals surface area contributed by atoms with E-state index in [0.717, 1.165) is 5.56 Å². The Morgan fingerprint density at radius 2 is 2.00 bits per heavy atom. The summed E-state index contributed by atoms with van der Waals surface area (Å²) >= 11 is 0. The van der Waals surface area contributed by atoms with Gasteiger partial charge in [0.2, 0.25) is 0 Å². The molecule has 15 heavy (non-hydrogen) atoms. The van der Waals surface area contributed by atoms with Crippen molar-refractivity contribution in [2.24, 2.45) is 0 Å². The molecule has 0 aliphatic carbocycles. The van der Waals surface area contributed by atoms with E-state index in [0.29, 0.717) is 17.2 Å². The summed E-state index contributed by atoms with van der Waals surface area (Å²) in [5.74, 6) is 0.517. The van der Waals surface area contributed by atoms with E-state index in [-0.39, 0.29) is 0 Å². The second-order valence-corrected chi connectivity index (χ2v) is 3.04. The number of nitrogens with zero attached hydrogens (tertiary/aromatic N) is 2. The lowest BCUT2D eigenvalue weighted by Crippen LogP contribution is -2.29. The van der Waals surface area contributed by atoms with Crippen molar-refractivity contribution in [3.8, 4) is 5.75 Å². The SMILES string of the molecule is [O-][n+]1cc(OCc2ccccc2)ccn1. The van der Waals surface area contributed by atoms with E-state index in [4.69, 9.17) is 4.74 Å². The first kappa shape index (κ1) is 9.45. The third-order valence-electron chi connectivity index (χ3n) is 1.91. The van der Waals surface area contributed by atoms with Gasteiger partial charge >= 0.3 is 0 Å². The lowest BCUT2D eigenvalue weighted by Gasteiger charge is -2.04. The number of benzene rings is 1. The van der Waals surface area contributed by atoms with Crippen molar-refractivity contribution in [2.75, 3.05) is 0 Å². The number of ether oxygens (including phenoxy) is 1. The molecule has 0 aliphatic heterocycles. The van der Waals surface area contributed by atoms with Crippen molar-refractivity contribution in [1.29, 1.82) is 0 Å². The summed E-state index contributed by atoms with van der Waals surface area (Å²) in [7, 11) is 0. The van der Waals surface area contributed by atoms with E-state index >= 15 is 0 Å². The maximum atomic E-state index is 10.8. The molecule has 0 saturated heterocycles. The Kier molecular flexibility index (Phi) is 2.78. The third kappa shape index (κ3) is 2.67. The lowest BCUT2D eigenvalue weighted by molar-refractivity contribution is -0.669. The van der Waals surface area contributed by atoms with Crippen LogP contribution in [-0.4, -0.2) is 5.10 Å². The first-order valence-electron chi connectivity index (χ1n) is 4.57. The summed E-state index contributed by atoms with van der Waals surface area (Å²) in [6.07, 6.45) is 2.70. The number of hydrogen-bond donors (Lipinski definition) is 0. The Hall–Kier alpha value is -2.10. The summed E-state index contributed by atoms with van der Waals surface area (Å²) in [6.45, 7) is 0.449. The highest BCUT2D eigenvalue weighted by Crippen LogP contribution is 2.08. The van der Waals surface area contributed by atoms with E-state index in [1.807, 2.05) is 30.3 Å². The van der Waals surface area contributed by atoms with Crippen LogP contribution in [0.15, 0.2) is 48.8 Å². The van der Waals surface area contributed by atoms with E-state index in [1.54, 1.807) is 6.07 Å². The van der Waals surface area contributed by atoms with Crippen LogP contribution in [0.4, 0.5) is 0 Å². The lowest BCUT2D eigenvalue weighted by atomic mass is 10.2. The van der Waals surface area contributed by atoms with Crippen LogP contribution in [0.1, 0.15) is 5.56 Å². The van der Waals surface area contributed by atoms with Gasteiger partial charge in [0.05, 0.1) is 6.20 Å². The minimum absolute atomic E-state index is 0.449. The van der Waals surface area contributed by atoms with E-state index in [2.05, 4.69) is 5.10 Å². The minimum atomic E-state index is 0.449. The van der Waals surface area contributed by atoms with Gasteiger partial charge < -0.3 is 9.94 Å². The molecular formula is C11H10N2O2. The molecule has 4 nitrogen and oxygen atoms in total. The Bertz CT molecular complexity index is 432. The summed E-state index contributed by atoms with van der Waals surface area (Å²) in [4.78, 5) is 0.473. The molecule has 1 aromatic carbocycles. The van der Waals surface area contributed by atoms with Gasteiger partial charge in [0.25, 0.3) is 6.20 Å². The molecule has 0 aliphatic rings. The molecule has 1 aromatic heterocycles. The Labute approximate surface area is 87.3 Å². The number of hydrogen-bond acceptors (Lipinski definition) is 3. The van der Waals surface area contributed by atoms with Crippen molar-refractivity contribution < 1.29 is 9.58 Å². The van der Waals surface area contributed by atoms with Gasteiger partial charge in [0.15, 0.2) is 5.75 Å². The summed E-state index contributed by atoms with van der Waals surface area (Å²) in [6, 6.07) is 11.4. The molecule has 0 atom stereocenters. The third-order valence-corrected chi connectivity index (χ3v) is 1.91. The fourth-order valence-corrected chi connectivity index (χ4v) is 1.18. The maximum absolute atomic E-state index is 10.8. The topological polar surface area (TPSA) is 49.1 Å². The highest BCUT2D eigenvalue weighted by molar-refractivity contribution is 5.16. The molecular weight excluding hydrogens is 192 g/mol. The molecule has 0 amide bonds. The second-order valence-electron chi connectivity index (χ2n) is 3.04. The van der Waals surface area contributed by atoms with E-state index < -0.39 is 0 Å². The molecule has 0 radical (unpaired) electrons. The standard InChI is InChI=1S/C11H10N2O2/c14-13-8-11(6-7-12-13)15-9-10-4-2-1-3-5-10/h1-8H,9H2. The average molecular weight is 202 g/mol. The van der Waals surface area contributed by atoms with Gasteiger partial charge in [-0.1, -0.05) is 35.2 Å². The zero-order chi connectivity index (χ0) is 10.5. The van der Waals surface area contributed by atoms with Gasteiger partial charge in [0.1, 0.15) is 6.61 Å². The quantitative estimate of drug-likeness (QED) is 0.556. The van der Waals surface area contributed by atoms with Crippen LogP contribution >= 0.6 is 0 Å². The van der Waals surface area contributed by atoms with Crippen LogP contribution in [0.3, 0.4) is 0 Å². The highest BCUT2D eigenvalue weighted by atomic mass is 16.5. The molecule has 76 valence electrons. The fourth-order valence-electron chi connectivity index (χ4n) is 1.18. The van der Waals surface area contributed by atoms with Crippen LogP contribution in [0.2, 0.25) is 0 Å². The maximum Gasteiger partial charge on any atom is 0.251 e. The summed E-state index contributed by atoms with van der Waals surface area (Å²) in [5, 5.41) is 14.3. The Morgan fingerprint density at radius 3 is 2.73 bits per heavy atom. The largest absolute Gasteiger partial charge is 0.594 e. The predicted molar refractivity (Wildman–Crippen MR) is 54.0 cm³/mol. The molecule has 0 N–H and O–H groups in total. The molecule has 0 saturated carbocycles. The molecule has 0 spiro atoms. The molecule has 0 bridgehead atoms. The summed E-state index contributed by atoms with van der Waals surface area (Å²) in [5.41, 5.74) is 1.06. The van der Waals surface area contributed by atoms with Crippen LogP contribution < -0.4 is 9.58 Å². The van der Waals surface area contributed by atoms with Crippen molar-refractivity contribution in [1.82, 2.24) is 5.10 Å². The Morgan fingerprint density at radius 1 is 1.20 bits per heavy atom. The highest BCUT2D eigenvalue weighted by Gasteiger charge is 1.99. The van der Waals surface area contributed by atoms with Gasteiger partial charge in [-0.2, -0.15) is 0 Å². The molecule has 0 unspecified atom stereocenters. The number of rotatable bonds is 3. The summed E-state index contributed by atoms with van der Waals surface area (Å²) < 4.78 is 5.41. The molecule has 0 fully saturated rings. The number of aromatic nitrogens is 2. The fraction of sp³-hybridized carbons (Fsp3) is 0.0909. The van der Waals surface area contributed by atoms with Crippen molar-refractivity contribution in [3.63, 3.8) is 0 Å². The molecule has 1 heterocycles. The first-order chi connectivity index (χ1) is 7.34. The molecule has 2 aromatic rings. The normalized spacial score (nSPS) is 9.87. The smallest absolute Gasteiger partial charge is 0.251 e. The second kappa shape index (κ2) is 4.41. The van der Waals surface area contributed by atoms with Crippen LogP contribution in [0, 0.1) is 5.21 Å². The van der Waals surface area contributed by atoms with Gasteiger partial charge in [0, 0.05) is 11.2 Å². The minimum Gasteiger partial charge on any atom is -0.594 e. The van der Waals surface area contributed by atoms with Crippen LogP contribution in [0.5, 0.6) is 5.75 Å². The van der Waals surface area contributed by atoms with Gasteiger partial charge in [-0.15, -0.1) is 0 Å². The zero-order valence-electron chi connectivity index (χ0n) is 8.04.